The maximum atomic E-state index is 13.0. The van der Waals surface area contributed by atoms with E-state index in [1.165, 1.54) is 11.8 Å². The first-order valence-corrected chi connectivity index (χ1v) is 15.3. The maximum Gasteiger partial charge on any atom is 0.330 e. The zero-order chi connectivity index (χ0) is 28.6. The van der Waals surface area contributed by atoms with Gasteiger partial charge in [-0.2, -0.15) is 8.78 Å². The molecule has 1 fully saturated rings. The Hall–Kier alpha value is -3.02. The molecule has 1 aromatic heterocycles. The number of anilines is 2. The second-order valence-electron chi connectivity index (χ2n) is 9.68. The topological polar surface area (TPSA) is 88.2 Å². The lowest BCUT2D eigenvalue weighted by Crippen LogP contribution is -2.38. The first-order chi connectivity index (χ1) is 19.3. The van der Waals surface area contributed by atoms with Crippen LogP contribution in [0.2, 0.25) is 0 Å². The zero-order valence-electron chi connectivity index (χ0n) is 22.9. The lowest BCUT2D eigenvalue weighted by molar-refractivity contribution is 0.244. The van der Waals surface area contributed by atoms with Crippen LogP contribution in [-0.2, 0) is 11.0 Å². The summed E-state index contributed by atoms with van der Waals surface area (Å²) >= 11 is 1.49. The largest absolute Gasteiger partial charge is 0.460 e. The van der Waals surface area contributed by atoms with Crippen LogP contribution in [0.3, 0.4) is 0 Å². The van der Waals surface area contributed by atoms with Gasteiger partial charge in [0.05, 0.1) is 16.3 Å². The Morgan fingerprint density at radius 2 is 2.02 bits per heavy atom. The minimum atomic E-state index is -3.00. The van der Waals surface area contributed by atoms with E-state index >= 15 is 0 Å². The van der Waals surface area contributed by atoms with E-state index in [1.807, 2.05) is 25.1 Å². The second-order valence-corrected chi connectivity index (χ2v) is 12.1. The van der Waals surface area contributed by atoms with Crippen LogP contribution >= 0.6 is 11.8 Å². The smallest absolute Gasteiger partial charge is 0.330 e. The second kappa shape index (κ2) is 14.0. The number of aromatic nitrogens is 2. The number of alkyl halides is 2. The molecule has 2 aromatic carbocycles. The van der Waals surface area contributed by atoms with Crippen molar-refractivity contribution in [2.24, 2.45) is 5.92 Å². The summed E-state index contributed by atoms with van der Waals surface area (Å²) in [6.45, 7) is 12.1. The third-order valence-electron chi connectivity index (χ3n) is 6.55. The summed E-state index contributed by atoms with van der Waals surface area (Å²) in [6.07, 6.45) is 4.70. The van der Waals surface area contributed by atoms with E-state index in [-0.39, 0.29) is 12.0 Å². The third-order valence-corrected chi connectivity index (χ3v) is 8.26. The fourth-order valence-electron chi connectivity index (χ4n) is 4.39. The van der Waals surface area contributed by atoms with Crippen LogP contribution in [0.4, 0.5) is 20.4 Å². The highest BCUT2D eigenvalue weighted by molar-refractivity contribution is 8.11. The van der Waals surface area contributed by atoms with Gasteiger partial charge in [-0.1, -0.05) is 56.5 Å². The van der Waals surface area contributed by atoms with E-state index < -0.39 is 16.7 Å². The first kappa shape index (κ1) is 30.0. The number of thioether (sulfide) groups is 1. The van der Waals surface area contributed by atoms with E-state index in [9.17, 15) is 13.0 Å². The summed E-state index contributed by atoms with van der Waals surface area (Å²) in [5.41, 5.74) is 1.07. The van der Waals surface area contributed by atoms with Gasteiger partial charge in [0.15, 0.2) is 11.0 Å². The molecule has 3 aromatic rings. The molecule has 1 saturated heterocycles. The Bertz CT molecular complexity index is 1400. The van der Waals surface area contributed by atoms with Crippen LogP contribution in [0.5, 0.6) is 5.75 Å². The maximum absolute atomic E-state index is 13.0. The molecule has 3 unspecified atom stereocenters. The monoisotopic (exact) mass is 587 g/mol. The van der Waals surface area contributed by atoms with E-state index in [4.69, 9.17) is 9.72 Å². The predicted molar refractivity (Wildman–Crippen MR) is 163 cm³/mol. The van der Waals surface area contributed by atoms with Crippen molar-refractivity contribution in [2.75, 3.05) is 23.1 Å². The molecule has 0 saturated carbocycles. The van der Waals surface area contributed by atoms with Crippen molar-refractivity contribution in [3.63, 3.8) is 0 Å². The summed E-state index contributed by atoms with van der Waals surface area (Å²) in [4.78, 5) is 11.0. The Morgan fingerprint density at radius 1 is 1.25 bits per heavy atom. The number of nitrogens with zero attached hydrogens (tertiary/aromatic N) is 2. The summed E-state index contributed by atoms with van der Waals surface area (Å²) in [6, 6.07) is 12.7. The van der Waals surface area contributed by atoms with Crippen LogP contribution in [0, 0.1) is 5.92 Å². The van der Waals surface area contributed by atoms with Gasteiger partial charge in [-0.3, -0.25) is 4.72 Å². The summed E-state index contributed by atoms with van der Waals surface area (Å²) in [5, 5.41) is 8.18. The number of ether oxygens (including phenoxy) is 1. The predicted octanol–water partition coefficient (Wildman–Crippen LogP) is 7.15. The molecule has 40 heavy (non-hydrogen) atoms. The number of halogens is 2. The molecular formula is C29H35F2N5O2S2. The normalized spacial score (nSPS) is 17.7. The average molecular weight is 588 g/mol. The third kappa shape index (κ3) is 7.58. The number of benzene rings is 2. The molecule has 2 heterocycles. The van der Waals surface area contributed by atoms with E-state index in [0.29, 0.717) is 28.2 Å². The van der Waals surface area contributed by atoms with Crippen molar-refractivity contribution in [2.45, 2.75) is 51.8 Å². The summed E-state index contributed by atoms with van der Waals surface area (Å²) in [5.74, 6) is -1.14. The van der Waals surface area contributed by atoms with Gasteiger partial charge >= 0.3 is 5.76 Å². The Kier molecular flexibility index (Phi) is 10.5. The minimum absolute atomic E-state index is 0.0265. The Labute approximate surface area is 240 Å². The molecule has 0 amide bonds. The van der Waals surface area contributed by atoms with Crippen LogP contribution in [0.1, 0.15) is 45.7 Å². The molecule has 7 nitrogen and oxygen atoms in total. The van der Waals surface area contributed by atoms with Crippen LogP contribution < -0.4 is 20.1 Å². The van der Waals surface area contributed by atoms with Gasteiger partial charge in [0.1, 0.15) is 11.5 Å². The number of hydrogen-bond acceptors (Lipinski definition) is 7. The Morgan fingerprint density at radius 3 is 2.70 bits per heavy atom. The van der Waals surface area contributed by atoms with Gasteiger partial charge in [-0.25, -0.2) is 14.2 Å². The van der Waals surface area contributed by atoms with Crippen molar-refractivity contribution in [1.82, 2.24) is 15.3 Å². The minimum Gasteiger partial charge on any atom is -0.460 e. The molecule has 0 bridgehead atoms. The molecule has 1 aliphatic rings. The fraction of sp³-hybridized carbons (Fsp3) is 0.379. The summed E-state index contributed by atoms with van der Waals surface area (Å²) in [7, 11) is -2.52. The lowest BCUT2D eigenvalue weighted by atomic mass is 10.0. The molecule has 1 aliphatic heterocycles. The molecule has 214 valence electrons. The van der Waals surface area contributed by atoms with Gasteiger partial charge in [-0.15, -0.1) is 0 Å². The van der Waals surface area contributed by atoms with Gasteiger partial charge in [-0.05, 0) is 55.8 Å². The van der Waals surface area contributed by atoms with E-state index in [2.05, 4.69) is 40.8 Å². The van der Waals surface area contributed by atoms with Crippen molar-refractivity contribution < 1.29 is 17.7 Å². The van der Waals surface area contributed by atoms with Crippen molar-refractivity contribution in [1.29, 1.82) is 0 Å². The number of hydrogen-bond donors (Lipinski definition) is 3. The van der Waals surface area contributed by atoms with Crippen LogP contribution in [0.15, 0.2) is 65.9 Å². The number of piperidine rings is 1. The number of allylic oxidation sites excluding steroid dienone is 2. The van der Waals surface area contributed by atoms with Crippen molar-refractivity contribution in [3.05, 3.63) is 71.6 Å². The zero-order valence-corrected chi connectivity index (χ0v) is 24.5. The van der Waals surface area contributed by atoms with E-state index in [0.717, 1.165) is 53.6 Å². The fourth-order valence-corrected chi connectivity index (χ4v) is 5.79. The van der Waals surface area contributed by atoms with Gasteiger partial charge in [0, 0.05) is 35.5 Å². The molecule has 0 aliphatic carbocycles. The number of fused-ring (bicyclic) bond motifs is 1. The molecule has 3 N–H and O–H groups in total. The summed E-state index contributed by atoms with van der Waals surface area (Å²) < 4.78 is 46.9. The lowest BCUT2D eigenvalue weighted by Gasteiger charge is -2.24. The molecule has 0 spiro atoms. The standard InChI is InChI=1S/C29H35F2N5O2S2/c1-5-19(4)26(38-25-13-12-23(36-40(37)28(30)31)21-10-6-7-11-22(21)25)27(39-18(2)3)24-14-16-33-29(35-24)34-20-9-8-15-32-17-20/h6-7,10-14,16,19-20,28,32,36H,2,5,8-9,15,17H2,1,3-4H3,(H,33,34,35)/b27-26+. The van der Waals surface area contributed by atoms with Gasteiger partial charge in [0.2, 0.25) is 5.95 Å². The van der Waals surface area contributed by atoms with Crippen LogP contribution in [0.25, 0.3) is 15.7 Å². The first-order valence-electron chi connectivity index (χ1n) is 13.3. The number of nitrogens with one attached hydrogen (secondary N) is 3. The highest BCUT2D eigenvalue weighted by Gasteiger charge is 2.23. The van der Waals surface area contributed by atoms with Crippen LogP contribution in [-0.4, -0.2) is 39.1 Å². The average Bonchev–Trinajstić information content (AvgIpc) is 2.96. The van der Waals surface area contributed by atoms with Gasteiger partial charge in [0.25, 0.3) is 0 Å². The molecule has 4 rings (SSSR count). The van der Waals surface area contributed by atoms with E-state index in [1.54, 1.807) is 30.5 Å². The highest BCUT2D eigenvalue weighted by atomic mass is 32.2. The molecule has 0 radical (unpaired) electrons. The van der Waals surface area contributed by atoms with Gasteiger partial charge < -0.3 is 15.4 Å². The molecule has 3 atom stereocenters. The highest BCUT2D eigenvalue weighted by Crippen LogP contribution is 2.41. The molecule has 11 heteroatoms. The number of rotatable bonds is 12. The quantitative estimate of drug-likeness (QED) is 0.194. The Balaban J connectivity index is 1.77. The SMILES string of the molecule is C=C(C)S/C(=C(/Oc1ccc(NS(=O)C(F)F)c2ccccc12)C(C)CC)c1ccnc(NC2CCCNC2)n1. The molecular weight excluding hydrogens is 552 g/mol. The van der Waals surface area contributed by atoms with Crippen molar-refractivity contribution in [3.8, 4) is 5.75 Å². The van der Waals surface area contributed by atoms with Crippen molar-refractivity contribution >= 4 is 50.1 Å².